The lowest BCUT2D eigenvalue weighted by molar-refractivity contribution is -0.167. The van der Waals surface area contributed by atoms with Crippen LogP contribution in [0.5, 0.6) is 0 Å². The zero-order valence-electron chi connectivity index (χ0n) is 50.0. The lowest BCUT2D eigenvalue weighted by atomic mass is 10.0. The molecule has 0 aromatic rings. The summed E-state index contributed by atoms with van der Waals surface area (Å²) in [6.45, 7) is 6.46. The number of hydrogen-bond acceptors (Lipinski definition) is 6. The lowest BCUT2D eigenvalue weighted by Gasteiger charge is -2.18. The molecule has 6 nitrogen and oxygen atoms in total. The standard InChI is InChI=1S/C70H120O6/c1-4-7-10-13-15-17-19-21-23-25-27-29-31-32-33-34-35-36-37-38-39-41-42-44-46-48-50-52-54-57-60-63-69(72)75-66-67(65-74-68(71)62-59-56-12-9-6-3)76-70(73)64-61-58-55-53-51-49-47-45-43-40-30-28-26-24-22-20-18-16-14-11-8-5-2/h7,10,15,17,21,23,27,29,32-33,35-36,38-39,42,44,67H,4-6,8-9,11-14,16,18-20,22,24-26,28,30-31,34,37,40-41,43,45-66H2,1-3H3/b10-7-,17-15-,23-21-,29-27-,33-32-,36-35-,39-38-,44-42-. The van der Waals surface area contributed by atoms with Crippen LogP contribution in [0.3, 0.4) is 0 Å². The molecule has 0 bridgehead atoms. The molecule has 1 unspecified atom stereocenters. The van der Waals surface area contributed by atoms with Crippen LogP contribution in [0.1, 0.15) is 310 Å². The number of ether oxygens (including phenoxy) is 3. The Morgan fingerprint density at radius 1 is 0.276 bits per heavy atom. The Hall–Kier alpha value is -3.67. The smallest absolute Gasteiger partial charge is 0.306 e. The van der Waals surface area contributed by atoms with Crippen LogP contribution in [0.25, 0.3) is 0 Å². The van der Waals surface area contributed by atoms with Gasteiger partial charge >= 0.3 is 17.9 Å². The first-order chi connectivity index (χ1) is 37.5. The number of carbonyl (C=O) groups excluding carboxylic acids is 3. The van der Waals surface area contributed by atoms with Crippen molar-refractivity contribution in [2.45, 2.75) is 316 Å². The number of hydrogen-bond donors (Lipinski definition) is 0. The molecule has 0 aromatic heterocycles. The van der Waals surface area contributed by atoms with Gasteiger partial charge in [0.2, 0.25) is 0 Å². The summed E-state index contributed by atoms with van der Waals surface area (Å²) in [4.78, 5) is 37.9. The van der Waals surface area contributed by atoms with E-state index in [1.165, 1.54) is 141 Å². The van der Waals surface area contributed by atoms with E-state index in [0.29, 0.717) is 19.3 Å². The average Bonchev–Trinajstić information content (AvgIpc) is 3.42. The molecule has 0 rings (SSSR count). The van der Waals surface area contributed by atoms with Crippen molar-refractivity contribution in [3.63, 3.8) is 0 Å². The van der Waals surface area contributed by atoms with Gasteiger partial charge in [0, 0.05) is 19.3 Å². The first kappa shape index (κ1) is 72.3. The SMILES string of the molecule is CC/C=C\C/C=C\C/C=C\C/C=C\C/C=C\C/C=C\C/C=C\C/C=C\CCCCCCCCC(=O)OCC(COC(=O)CCCCCCC)OC(=O)CCCCCCCCCCCCCCCCCCCCCCCC. The largest absolute Gasteiger partial charge is 0.462 e. The van der Waals surface area contributed by atoms with E-state index in [2.05, 4.69) is 118 Å². The topological polar surface area (TPSA) is 78.9 Å². The van der Waals surface area contributed by atoms with Crippen LogP contribution in [0.15, 0.2) is 97.2 Å². The van der Waals surface area contributed by atoms with Gasteiger partial charge in [-0.1, -0.05) is 304 Å². The highest BCUT2D eigenvalue weighted by atomic mass is 16.6. The van der Waals surface area contributed by atoms with Gasteiger partial charge in [-0.3, -0.25) is 14.4 Å². The lowest BCUT2D eigenvalue weighted by Crippen LogP contribution is -2.30. The Morgan fingerprint density at radius 2 is 0.513 bits per heavy atom. The van der Waals surface area contributed by atoms with Gasteiger partial charge in [0.05, 0.1) is 0 Å². The quantitative estimate of drug-likeness (QED) is 0.0261. The first-order valence-electron chi connectivity index (χ1n) is 32.2. The van der Waals surface area contributed by atoms with Crippen molar-refractivity contribution in [2.24, 2.45) is 0 Å². The van der Waals surface area contributed by atoms with Gasteiger partial charge < -0.3 is 14.2 Å². The summed E-state index contributed by atoms with van der Waals surface area (Å²) < 4.78 is 16.8. The molecule has 0 aliphatic rings. The van der Waals surface area contributed by atoms with Crippen molar-refractivity contribution >= 4 is 17.9 Å². The highest BCUT2D eigenvalue weighted by molar-refractivity contribution is 5.71. The van der Waals surface area contributed by atoms with E-state index >= 15 is 0 Å². The molecule has 0 aliphatic carbocycles. The summed E-state index contributed by atoms with van der Waals surface area (Å²) in [7, 11) is 0. The molecule has 6 heteroatoms. The van der Waals surface area contributed by atoms with E-state index in [-0.39, 0.29) is 31.1 Å². The van der Waals surface area contributed by atoms with Gasteiger partial charge in [-0.15, -0.1) is 0 Å². The molecule has 1 atom stereocenters. The number of carbonyl (C=O) groups is 3. The molecule has 0 saturated heterocycles. The second-order valence-corrected chi connectivity index (χ2v) is 21.3. The minimum absolute atomic E-state index is 0.0802. The summed E-state index contributed by atoms with van der Waals surface area (Å²) >= 11 is 0. The third-order valence-electron chi connectivity index (χ3n) is 13.9. The molecule has 0 aromatic carbocycles. The van der Waals surface area contributed by atoms with Crippen LogP contribution in [0.4, 0.5) is 0 Å². The minimum Gasteiger partial charge on any atom is -0.462 e. The van der Waals surface area contributed by atoms with Gasteiger partial charge in [-0.2, -0.15) is 0 Å². The van der Waals surface area contributed by atoms with Crippen molar-refractivity contribution < 1.29 is 28.6 Å². The van der Waals surface area contributed by atoms with E-state index < -0.39 is 6.10 Å². The van der Waals surface area contributed by atoms with Crippen LogP contribution in [0, 0.1) is 0 Å². The summed E-state index contributed by atoms with van der Waals surface area (Å²) in [5.74, 6) is -0.899. The minimum atomic E-state index is -0.779. The zero-order chi connectivity index (χ0) is 55.0. The van der Waals surface area contributed by atoms with Crippen LogP contribution in [-0.2, 0) is 28.6 Å². The van der Waals surface area contributed by atoms with E-state index in [0.717, 1.165) is 128 Å². The van der Waals surface area contributed by atoms with Crippen LogP contribution >= 0.6 is 0 Å². The van der Waals surface area contributed by atoms with Gasteiger partial charge in [0.25, 0.3) is 0 Å². The fourth-order valence-corrected chi connectivity index (χ4v) is 9.05. The molecule has 0 fully saturated rings. The molecule has 0 N–H and O–H groups in total. The molecule has 0 spiro atoms. The highest BCUT2D eigenvalue weighted by Crippen LogP contribution is 2.17. The van der Waals surface area contributed by atoms with E-state index in [4.69, 9.17) is 14.2 Å². The number of unbranched alkanes of at least 4 members (excludes halogenated alkanes) is 31. The summed E-state index contributed by atoms with van der Waals surface area (Å²) in [6.07, 6.45) is 86.1. The van der Waals surface area contributed by atoms with Crippen molar-refractivity contribution in [1.29, 1.82) is 0 Å². The second-order valence-electron chi connectivity index (χ2n) is 21.3. The molecule has 0 heterocycles. The van der Waals surface area contributed by atoms with Crippen molar-refractivity contribution in [3.05, 3.63) is 97.2 Å². The number of esters is 3. The van der Waals surface area contributed by atoms with E-state index in [9.17, 15) is 14.4 Å². The molecular weight excluding hydrogens is 937 g/mol. The summed E-state index contributed by atoms with van der Waals surface area (Å²) in [5.41, 5.74) is 0. The van der Waals surface area contributed by atoms with Crippen LogP contribution in [-0.4, -0.2) is 37.2 Å². The Labute approximate surface area is 470 Å². The fraction of sp³-hybridized carbons (Fsp3) is 0.729. The summed E-state index contributed by atoms with van der Waals surface area (Å²) in [5, 5.41) is 0. The maximum absolute atomic E-state index is 12.8. The Balaban J connectivity index is 4.08. The third-order valence-corrected chi connectivity index (χ3v) is 13.9. The predicted octanol–water partition coefficient (Wildman–Crippen LogP) is 22.0. The molecule has 0 amide bonds. The maximum Gasteiger partial charge on any atom is 0.306 e. The van der Waals surface area contributed by atoms with E-state index in [1.54, 1.807) is 0 Å². The molecule has 0 radical (unpaired) electrons. The Kier molecular flexibility index (Phi) is 60.8. The molecule has 0 saturated carbocycles. The first-order valence-corrected chi connectivity index (χ1v) is 32.2. The van der Waals surface area contributed by atoms with Gasteiger partial charge in [-0.25, -0.2) is 0 Å². The zero-order valence-corrected chi connectivity index (χ0v) is 50.0. The summed E-state index contributed by atoms with van der Waals surface area (Å²) in [6, 6.07) is 0. The fourth-order valence-electron chi connectivity index (χ4n) is 9.05. The molecule has 0 aliphatic heterocycles. The van der Waals surface area contributed by atoms with Crippen LogP contribution in [0.2, 0.25) is 0 Å². The van der Waals surface area contributed by atoms with Gasteiger partial charge in [0.1, 0.15) is 13.2 Å². The Bertz CT molecular complexity index is 1490. The predicted molar refractivity (Wildman–Crippen MR) is 330 cm³/mol. The monoisotopic (exact) mass is 1060 g/mol. The van der Waals surface area contributed by atoms with E-state index in [1.807, 2.05) is 0 Å². The Morgan fingerprint density at radius 3 is 0.803 bits per heavy atom. The highest BCUT2D eigenvalue weighted by Gasteiger charge is 2.19. The number of allylic oxidation sites excluding steroid dienone is 16. The van der Waals surface area contributed by atoms with Crippen molar-refractivity contribution in [1.82, 2.24) is 0 Å². The number of rotatable bonds is 58. The molecular formula is C70H120O6. The molecule has 76 heavy (non-hydrogen) atoms. The van der Waals surface area contributed by atoms with Gasteiger partial charge in [0.15, 0.2) is 6.10 Å². The van der Waals surface area contributed by atoms with Gasteiger partial charge in [-0.05, 0) is 83.5 Å². The van der Waals surface area contributed by atoms with Crippen LogP contribution < -0.4 is 0 Å². The van der Waals surface area contributed by atoms with Crippen molar-refractivity contribution in [3.8, 4) is 0 Å². The average molecular weight is 1060 g/mol. The normalized spacial score (nSPS) is 12.7. The maximum atomic E-state index is 12.8. The molecule has 436 valence electrons. The third kappa shape index (κ3) is 61.2. The van der Waals surface area contributed by atoms with Crippen molar-refractivity contribution in [2.75, 3.05) is 13.2 Å². The second kappa shape index (κ2) is 63.9.